The Bertz CT molecular complexity index is 560. The van der Waals surface area contributed by atoms with Gasteiger partial charge < -0.3 is 10.9 Å². The number of aromatic hydroxyl groups is 1. The summed E-state index contributed by atoms with van der Waals surface area (Å²) in [6, 6.07) is 8.05. The monoisotopic (exact) mass is 244 g/mol. The highest BCUT2D eigenvalue weighted by atomic mass is 32.1. The minimum atomic E-state index is 0.255. The molecular formula is C12H13BN2OS. The Kier molecular flexibility index (Phi) is 3.20. The first-order valence-corrected chi connectivity index (χ1v) is 6.13. The number of thiophene rings is 1. The summed E-state index contributed by atoms with van der Waals surface area (Å²) < 4.78 is 0. The van der Waals surface area contributed by atoms with Crippen molar-refractivity contribution in [1.29, 1.82) is 0 Å². The van der Waals surface area contributed by atoms with Gasteiger partial charge in [-0.25, -0.2) is 0 Å². The van der Waals surface area contributed by atoms with Crippen LogP contribution in [0, 0.1) is 0 Å². The normalized spacial score (nSPS) is 11.7. The van der Waals surface area contributed by atoms with E-state index in [0.29, 0.717) is 11.3 Å². The van der Waals surface area contributed by atoms with Crippen molar-refractivity contribution in [1.82, 2.24) is 0 Å². The van der Waals surface area contributed by atoms with Crippen LogP contribution in [0.15, 0.2) is 34.7 Å². The molecule has 0 spiro atoms. The summed E-state index contributed by atoms with van der Waals surface area (Å²) in [5.41, 5.74) is 3.55. The molecule has 0 amide bonds. The molecule has 2 aromatic rings. The highest BCUT2D eigenvalue weighted by molar-refractivity contribution is 7.14. The van der Waals surface area contributed by atoms with Gasteiger partial charge >= 0.3 is 0 Å². The first kappa shape index (κ1) is 11.7. The zero-order valence-electron chi connectivity index (χ0n) is 9.77. The standard InChI is InChI=1S/C12H13BN2OS/c1-7(15-14)10-6-17-12(11(10)16)8-2-4-9(13)5-3-8/h2-6,16H,13-14H2,1H3/b15-7+. The molecule has 0 saturated carbocycles. The van der Waals surface area contributed by atoms with Crippen LogP contribution >= 0.6 is 11.3 Å². The number of hydrogen-bond acceptors (Lipinski definition) is 4. The molecule has 1 heterocycles. The Morgan fingerprint density at radius 3 is 2.59 bits per heavy atom. The molecule has 1 aromatic heterocycles. The third-order valence-corrected chi connectivity index (χ3v) is 3.68. The van der Waals surface area contributed by atoms with E-state index in [1.165, 1.54) is 16.8 Å². The zero-order valence-corrected chi connectivity index (χ0v) is 10.6. The van der Waals surface area contributed by atoms with Gasteiger partial charge in [0.05, 0.1) is 16.2 Å². The quantitative estimate of drug-likeness (QED) is 0.359. The fourth-order valence-electron chi connectivity index (χ4n) is 1.59. The maximum absolute atomic E-state index is 10.1. The van der Waals surface area contributed by atoms with Crippen LogP contribution in [0.2, 0.25) is 0 Å². The Morgan fingerprint density at radius 2 is 2.00 bits per heavy atom. The molecule has 17 heavy (non-hydrogen) atoms. The number of rotatable bonds is 2. The van der Waals surface area contributed by atoms with Gasteiger partial charge in [0.15, 0.2) is 0 Å². The molecule has 0 atom stereocenters. The minimum Gasteiger partial charge on any atom is -0.506 e. The average molecular weight is 244 g/mol. The molecular weight excluding hydrogens is 231 g/mol. The van der Waals surface area contributed by atoms with Gasteiger partial charge in [-0.2, -0.15) is 5.10 Å². The second-order valence-corrected chi connectivity index (χ2v) is 4.79. The fraction of sp³-hybridized carbons (Fsp3) is 0.0833. The molecule has 0 aliphatic carbocycles. The maximum atomic E-state index is 10.1. The first-order chi connectivity index (χ1) is 8.13. The van der Waals surface area contributed by atoms with Gasteiger partial charge in [-0.1, -0.05) is 29.7 Å². The molecule has 0 fully saturated rings. The molecule has 1 aromatic carbocycles. The molecule has 0 aliphatic heterocycles. The van der Waals surface area contributed by atoms with Crippen LogP contribution in [0.25, 0.3) is 10.4 Å². The Hall–Kier alpha value is -1.75. The van der Waals surface area contributed by atoms with Crippen molar-refractivity contribution in [2.45, 2.75) is 6.92 Å². The van der Waals surface area contributed by atoms with Crippen LogP contribution in [0.3, 0.4) is 0 Å². The van der Waals surface area contributed by atoms with Gasteiger partial charge in [-0.15, -0.1) is 11.3 Å². The van der Waals surface area contributed by atoms with Crippen molar-refractivity contribution >= 4 is 30.4 Å². The fourth-order valence-corrected chi connectivity index (χ4v) is 2.60. The minimum absolute atomic E-state index is 0.255. The summed E-state index contributed by atoms with van der Waals surface area (Å²) in [7, 11) is 2.04. The van der Waals surface area contributed by atoms with Gasteiger partial charge in [-0.05, 0) is 12.5 Å². The second kappa shape index (κ2) is 4.63. The molecule has 3 nitrogen and oxygen atoms in total. The molecule has 3 N–H and O–H groups in total. The lowest BCUT2D eigenvalue weighted by atomic mass is 9.95. The Labute approximate surface area is 105 Å². The van der Waals surface area contributed by atoms with Crippen molar-refractivity contribution in [3.8, 4) is 16.2 Å². The number of hydrazone groups is 1. The maximum Gasteiger partial charge on any atom is 0.143 e. The summed E-state index contributed by atoms with van der Waals surface area (Å²) in [6.45, 7) is 1.78. The van der Waals surface area contributed by atoms with E-state index in [1.807, 2.05) is 37.5 Å². The predicted octanol–water partition coefficient (Wildman–Crippen LogP) is 1.06. The number of nitrogens with two attached hydrogens (primary N) is 1. The van der Waals surface area contributed by atoms with E-state index in [4.69, 9.17) is 5.84 Å². The van der Waals surface area contributed by atoms with Crippen molar-refractivity contribution in [2.75, 3.05) is 0 Å². The lowest BCUT2D eigenvalue weighted by Gasteiger charge is -2.01. The van der Waals surface area contributed by atoms with Crippen LogP contribution in [-0.4, -0.2) is 18.7 Å². The van der Waals surface area contributed by atoms with Crippen molar-refractivity contribution in [3.05, 3.63) is 35.2 Å². The van der Waals surface area contributed by atoms with Crippen LogP contribution < -0.4 is 11.3 Å². The summed E-state index contributed by atoms with van der Waals surface area (Å²) in [4.78, 5) is 0.850. The van der Waals surface area contributed by atoms with Gasteiger partial charge in [0.1, 0.15) is 13.6 Å². The van der Waals surface area contributed by atoms with Gasteiger partial charge in [-0.3, -0.25) is 0 Å². The Balaban J connectivity index is 2.47. The molecule has 0 radical (unpaired) electrons. The number of nitrogens with zero attached hydrogens (tertiary/aromatic N) is 1. The summed E-state index contributed by atoms with van der Waals surface area (Å²) >= 11 is 1.49. The molecule has 0 aliphatic rings. The van der Waals surface area contributed by atoms with E-state index in [9.17, 15) is 5.11 Å². The average Bonchev–Trinajstić information content (AvgIpc) is 2.71. The van der Waals surface area contributed by atoms with Crippen LogP contribution in [0.4, 0.5) is 0 Å². The van der Waals surface area contributed by atoms with Crippen LogP contribution in [0.1, 0.15) is 12.5 Å². The highest BCUT2D eigenvalue weighted by Crippen LogP contribution is 2.38. The molecule has 5 heteroatoms. The van der Waals surface area contributed by atoms with Gasteiger partial charge in [0.25, 0.3) is 0 Å². The van der Waals surface area contributed by atoms with E-state index < -0.39 is 0 Å². The number of hydrogen-bond donors (Lipinski definition) is 2. The van der Waals surface area contributed by atoms with E-state index >= 15 is 0 Å². The molecule has 0 saturated heterocycles. The van der Waals surface area contributed by atoms with Crippen molar-refractivity contribution < 1.29 is 5.11 Å². The molecule has 0 bridgehead atoms. The van der Waals surface area contributed by atoms with E-state index in [0.717, 1.165) is 10.4 Å². The van der Waals surface area contributed by atoms with Gasteiger partial charge in [0, 0.05) is 5.38 Å². The first-order valence-electron chi connectivity index (χ1n) is 5.26. The van der Waals surface area contributed by atoms with Crippen molar-refractivity contribution in [3.63, 3.8) is 0 Å². The Morgan fingerprint density at radius 1 is 1.35 bits per heavy atom. The summed E-state index contributed by atoms with van der Waals surface area (Å²) in [5, 5.41) is 15.6. The highest BCUT2D eigenvalue weighted by Gasteiger charge is 2.14. The second-order valence-electron chi connectivity index (χ2n) is 3.91. The third-order valence-electron chi connectivity index (χ3n) is 2.66. The summed E-state index contributed by atoms with van der Waals surface area (Å²) in [5.74, 6) is 5.48. The lowest BCUT2D eigenvalue weighted by molar-refractivity contribution is 0.478. The van der Waals surface area contributed by atoms with E-state index in [-0.39, 0.29) is 5.75 Å². The topological polar surface area (TPSA) is 58.6 Å². The summed E-state index contributed by atoms with van der Waals surface area (Å²) in [6.07, 6.45) is 0. The molecule has 2 rings (SSSR count). The SMILES string of the molecule is Bc1ccc(-c2scc(/C(C)=N/N)c2O)cc1. The van der Waals surface area contributed by atoms with Gasteiger partial charge in [0.2, 0.25) is 0 Å². The smallest absolute Gasteiger partial charge is 0.143 e. The number of benzene rings is 1. The van der Waals surface area contributed by atoms with Crippen LogP contribution in [0.5, 0.6) is 5.75 Å². The lowest BCUT2D eigenvalue weighted by Crippen LogP contribution is -1.99. The molecule has 86 valence electrons. The third kappa shape index (κ3) is 2.19. The molecule has 0 unspecified atom stereocenters. The zero-order chi connectivity index (χ0) is 12.4. The largest absolute Gasteiger partial charge is 0.506 e. The van der Waals surface area contributed by atoms with Crippen LogP contribution in [-0.2, 0) is 0 Å². The van der Waals surface area contributed by atoms with Crippen molar-refractivity contribution in [2.24, 2.45) is 10.9 Å². The van der Waals surface area contributed by atoms with E-state index in [1.54, 1.807) is 6.92 Å². The predicted molar refractivity (Wildman–Crippen MR) is 76.0 cm³/mol. The van der Waals surface area contributed by atoms with E-state index in [2.05, 4.69) is 5.10 Å².